The second-order valence-electron chi connectivity index (χ2n) is 11.5. The number of rotatable bonds is 7. The molecule has 0 saturated carbocycles. The molecule has 2 bridgehead atoms. The topological polar surface area (TPSA) is 74.7 Å². The monoisotopic (exact) mass is 572 g/mol. The highest BCUT2D eigenvalue weighted by molar-refractivity contribution is 6.09. The van der Waals surface area contributed by atoms with Gasteiger partial charge in [-0.3, -0.25) is 14.4 Å². The highest BCUT2D eigenvalue weighted by Gasteiger charge is 2.35. The number of amides is 2. The van der Waals surface area contributed by atoms with Crippen molar-refractivity contribution in [1.82, 2.24) is 4.57 Å². The highest BCUT2D eigenvalue weighted by Crippen LogP contribution is 2.39. The quantitative estimate of drug-likeness (QED) is 0.272. The number of aryl methyl sites for hydroxylation is 1. The Morgan fingerprint density at radius 2 is 1.74 bits per heavy atom. The lowest BCUT2D eigenvalue weighted by Crippen LogP contribution is -2.47. The second-order valence-corrected chi connectivity index (χ2v) is 11.5. The van der Waals surface area contributed by atoms with Crippen LogP contribution in [0.15, 0.2) is 102 Å². The lowest BCUT2D eigenvalue weighted by Gasteiger charge is -2.44. The molecule has 0 radical (unpaired) electrons. The van der Waals surface area contributed by atoms with E-state index in [-0.39, 0.29) is 23.3 Å². The van der Waals surface area contributed by atoms with E-state index in [9.17, 15) is 14.4 Å². The first-order chi connectivity index (χ1) is 20.9. The average Bonchev–Trinajstić information content (AvgIpc) is 3.01. The smallest absolute Gasteiger partial charge is 0.258 e. The zero-order chi connectivity index (χ0) is 29.9. The molecule has 4 aromatic rings. The van der Waals surface area contributed by atoms with Gasteiger partial charge < -0.3 is 19.7 Å². The molecule has 2 unspecified atom stereocenters. The summed E-state index contributed by atoms with van der Waals surface area (Å²) >= 11 is 0. The number of anilines is 3. The van der Waals surface area contributed by atoms with Crippen molar-refractivity contribution < 1.29 is 9.59 Å². The van der Waals surface area contributed by atoms with Crippen LogP contribution in [0.25, 0.3) is 6.08 Å². The van der Waals surface area contributed by atoms with Gasteiger partial charge in [-0.1, -0.05) is 48.5 Å². The number of hydrogen-bond donors (Lipinski definition) is 1. The fraction of sp³-hybridized carbons (Fsp3) is 0.250. The third-order valence-corrected chi connectivity index (χ3v) is 8.42. The van der Waals surface area contributed by atoms with Crippen molar-refractivity contribution in [2.45, 2.75) is 32.7 Å². The highest BCUT2D eigenvalue weighted by atomic mass is 16.2. The van der Waals surface area contributed by atoms with Gasteiger partial charge in [0.1, 0.15) is 0 Å². The molecule has 1 aromatic heterocycles. The minimum atomic E-state index is -0.269. The Labute approximate surface area is 252 Å². The van der Waals surface area contributed by atoms with Crippen molar-refractivity contribution in [3.8, 4) is 0 Å². The number of pyridine rings is 1. The Morgan fingerprint density at radius 3 is 2.53 bits per heavy atom. The number of fused-ring (bicyclic) bond motifs is 4. The molecular weight excluding hydrogens is 536 g/mol. The molecule has 3 aromatic carbocycles. The van der Waals surface area contributed by atoms with Crippen LogP contribution in [0.1, 0.15) is 46.4 Å². The molecule has 7 nitrogen and oxygen atoms in total. The summed E-state index contributed by atoms with van der Waals surface area (Å²) in [6.45, 7) is 6.65. The van der Waals surface area contributed by atoms with E-state index >= 15 is 0 Å². The largest absolute Gasteiger partial charge is 0.369 e. The van der Waals surface area contributed by atoms with E-state index in [1.54, 1.807) is 23.1 Å². The van der Waals surface area contributed by atoms with Crippen molar-refractivity contribution in [2.24, 2.45) is 5.92 Å². The summed E-state index contributed by atoms with van der Waals surface area (Å²) in [5, 5.41) is 3.08. The van der Waals surface area contributed by atoms with Crippen LogP contribution in [0.2, 0.25) is 0 Å². The maximum atomic E-state index is 13.8. The van der Waals surface area contributed by atoms with E-state index in [1.807, 2.05) is 91.2 Å². The van der Waals surface area contributed by atoms with Gasteiger partial charge in [-0.25, -0.2) is 0 Å². The molecule has 2 amide bonds. The minimum Gasteiger partial charge on any atom is -0.369 e. The predicted molar refractivity (Wildman–Crippen MR) is 173 cm³/mol. The van der Waals surface area contributed by atoms with Crippen LogP contribution in [-0.4, -0.2) is 36.0 Å². The lowest BCUT2D eigenvalue weighted by molar-refractivity contribution is -0.111. The summed E-state index contributed by atoms with van der Waals surface area (Å²) < 4.78 is 1.92. The molecule has 6 rings (SSSR count). The molecule has 218 valence electrons. The summed E-state index contributed by atoms with van der Waals surface area (Å²) in [5.74, 6) is 0.126. The molecule has 1 saturated heterocycles. The number of carbonyl (C=O) groups is 2. The third kappa shape index (κ3) is 6.02. The van der Waals surface area contributed by atoms with E-state index < -0.39 is 0 Å². The van der Waals surface area contributed by atoms with Gasteiger partial charge >= 0.3 is 0 Å². The van der Waals surface area contributed by atoms with Crippen LogP contribution in [0, 0.1) is 12.8 Å². The Bertz CT molecular complexity index is 1740. The maximum Gasteiger partial charge on any atom is 0.258 e. The SMILES string of the molecule is CCN(C(=O)c1ccc(N2CC3CC(C2)c2cccc(=O)n2C3)c(NC(=O)/C=C/c2ccccc2)c1)c1cccc(C)c1. The van der Waals surface area contributed by atoms with Crippen LogP contribution >= 0.6 is 0 Å². The number of piperidine rings is 1. The van der Waals surface area contributed by atoms with Crippen molar-refractivity contribution >= 4 is 35.0 Å². The first kappa shape index (κ1) is 28.2. The standard InChI is InChI=1S/C36H36N4O3/c1-3-39(30-12-7-9-25(2)19-30)36(43)28-16-17-33(31(21-28)37-34(41)18-15-26-10-5-4-6-11-26)38-22-27-20-29(24-38)32-13-8-14-35(42)40(32)23-27/h4-19,21,27,29H,3,20,22-24H2,1-2H3,(H,37,41)/b18-15+. The van der Waals surface area contributed by atoms with E-state index in [1.165, 1.54) is 6.08 Å². The number of carbonyl (C=O) groups excluding carboxylic acids is 2. The van der Waals surface area contributed by atoms with E-state index in [2.05, 4.69) is 16.3 Å². The summed E-state index contributed by atoms with van der Waals surface area (Å²) in [7, 11) is 0. The van der Waals surface area contributed by atoms with E-state index in [0.29, 0.717) is 30.3 Å². The first-order valence-electron chi connectivity index (χ1n) is 14.9. The molecule has 1 fully saturated rings. The summed E-state index contributed by atoms with van der Waals surface area (Å²) in [4.78, 5) is 43.6. The molecule has 0 spiro atoms. The Hall–Kier alpha value is -4.91. The molecule has 2 atom stereocenters. The van der Waals surface area contributed by atoms with Gasteiger partial charge in [-0.05, 0) is 79.8 Å². The predicted octanol–water partition coefficient (Wildman–Crippen LogP) is 6.10. The Balaban J connectivity index is 1.33. The summed E-state index contributed by atoms with van der Waals surface area (Å²) in [6, 6.07) is 28.7. The van der Waals surface area contributed by atoms with E-state index in [0.717, 1.165) is 47.7 Å². The molecule has 0 aliphatic carbocycles. The lowest BCUT2D eigenvalue weighted by atomic mass is 9.83. The van der Waals surface area contributed by atoms with Gasteiger partial charge in [0.2, 0.25) is 5.91 Å². The molecule has 2 aliphatic rings. The van der Waals surface area contributed by atoms with Gasteiger partial charge in [-0.2, -0.15) is 0 Å². The summed E-state index contributed by atoms with van der Waals surface area (Å²) in [5.41, 5.74) is 5.93. The molecular formula is C36H36N4O3. The van der Waals surface area contributed by atoms with Crippen molar-refractivity contribution in [1.29, 1.82) is 0 Å². The number of benzene rings is 3. The normalized spacial score (nSPS) is 17.4. The number of aromatic nitrogens is 1. The Kier molecular flexibility index (Phi) is 7.97. The van der Waals surface area contributed by atoms with Crippen LogP contribution in [0.3, 0.4) is 0 Å². The van der Waals surface area contributed by atoms with Gasteiger partial charge in [0.05, 0.1) is 11.4 Å². The van der Waals surface area contributed by atoms with E-state index in [4.69, 9.17) is 0 Å². The maximum absolute atomic E-state index is 13.8. The molecule has 43 heavy (non-hydrogen) atoms. The first-order valence-corrected chi connectivity index (χ1v) is 14.9. The van der Waals surface area contributed by atoms with Gasteiger partial charge in [0, 0.05) is 61.2 Å². The molecule has 1 N–H and O–H groups in total. The third-order valence-electron chi connectivity index (χ3n) is 8.42. The van der Waals surface area contributed by atoms with Gasteiger partial charge in [0.25, 0.3) is 11.5 Å². The minimum absolute atomic E-state index is 0.0516. The fourth-order valence-corrected chi connectivity index (χ4v) is 6.44. The van der Waals surface area contributed by atoms with Crippen molar-refractivity contribution in [3.63, 3.8) is 0 Å². The van der Waals surface area contributed by atoms with Gasteiger partial charge in [-0.15, -0.1) is 0 Å². The zero-order valence-electron chi connectivity index (χ0n) is 24.6. The molecule has 2 aliphatic heterocycles. The molecule has 3 heterocycles. The number of nitrogens with one attached hydrogen (secondary N) is 1. The van der Waals surface area contributed by atoms with Gasteiger partial charge in [0.15, 0.2) is 0 Å². The summed E-state index contributed by atoms with van der Waals surface area (Å²) in [6.07, 6.45) is 4.33. The van der Waals surface area contributed by atoms with Crippen molar-refractivity contribution in [3.05, 3.63) is 130 Å². The van der Waals surface area contributed by atoms with Crippen LogP contribution < -0.4 is 20.7 Å². The number of nitrogens with zero attached hydrogens (tertiary/aromatic N) is 3. The van der Waals surface area contributed by atoms with Crippen LogP contribution in [0.4, 0.5) is 17.1 Å². The second kappa shape index (κ2) is 12.1. The zero-order valence-corrected chi connectivity index (χ0v) is 24.6. The molecule has 7 heteroatoms. The van der Waals surface area contributed by atoms with Crippen LogP contribution in [-0.2, 0) is 11.3 Å². The van der Waals surface area contributed by atoms with Crippen molar-refractivity contribution in [2.75, 3.05) is 34.8 Å². The average molecular weight is 573 g/mol. The number of hydrogen-bond acceptors (Lipinski definition) is 4. The Morgan fingerprint density at radius 1 is 0.930 bits per heavy atom. The fourth-order valence-electron chi connectivity index (χ4n) is 6.44. The van der Waals surface area contributed by atoms with Crippen LogP contribution in [0.5, 0.6) is 0 Å².